The highest BCUT2D eigenvalue weighted by Gasteiger charge is 2.36. The Labute approximate surface area is 200 Å². The Kier molecular flexibility index (Phi) is 7.13. The second-order valence-electron chi connectivity index (χ2n) is 8.83. The number of amides is 1. The summed E-state index contributed by atoms with van der Waals surface area (Å²) < 4.78 is 7.37. The lowest BCUT2D eigenvalue weighted by atomic mass is 10.1. The number of halogens is 1. The van der Waals surface area contributed by atoms with Gasteiger partial charge in [-0.2, -0.15) is 5.10 Å². The van der Waals surface area contributed by atoms with Gasteiger partial charge in [-0.15, -0.1) is 24.0 Å². The molecule has 8 nitrogen and oxygen atoms in total. The fourth-order valence-electron chi connectivity index (χ4n) is 3.90. The van der Waals surface area contributed by atoms with Gasteiger partial charge in [0.1, 0.15) is 5.60 Å². The third kappa shape index (κ3) is 5.50. The number of fused-ring (bicyclic) bond motifs is 1. The number of nitrogens with one attached hydrogen (secondary N) is 1. The number of nitrogens with zero attached hydrogens (tertiary/aromatic N) is 5. The normalized spacial score (nSPS) is 18.2. The minimum atomic E-state index is -0.479. The lowest BCUT2D eigenvalue weighted by Gasteiger charge is -2.39. The van der Waals surface area contributed by atoms with Crippen LogP contribution in [0.5, 0.6) is 0 Å². The molecule has 0 saturated carbocycles. The van der Waals surface area contributed by atoms with Gasteiger partial charge >= 0.3 is 6.09 Å². The zero-order valence-corrected chi connectivity index (χ0v) is 20.9. The van der Waals surface area contributed by atoms with Gasteiger partial charge in [0, 0.05) is 50.6 Å². The van der Waals surface area contributed by atoms with Gasteiger partial charge in [0.15, 0.2) is 5.96 Å². The maximum absolute atomic E-state index is 12.4. The zero-order valence-electron chi connectivity index (χ0n) is 18.5. The molecular weight excluding hydrogens is 507 g/mol. The van der Waals surface area contributed by atoms with Crippen molar-refractivity contribution in [1.82, 2.24) is 24.9 Å². The van der Waals surface area contributed by atoms with E-state index >= 15 is 0 Å². The van der Waals surface area contributed by atoms with E-state index in [4.69, 9.17) is 9.73 Å². The van der Waals surface area contributed by atoms with Gasteiger partial charge in [-0.05, 0) is 20.8 Å². The van der Waals surface area contributed by atoms with Crippen molar-refractivity contribution in [2.24, 2.45) is 12.0 Å². The van der Waals surface area contributed by atoms with Crippen LogP contribution in [0, 0.1) is 0 Å². The first-order chi connectivity index (χ1) is 14.3. The summed E-state index contributed by atoms with van der Waals surface area (Å²) in [6.07, 6.45) is 1.80. The summed E-state index contributed by atoms with van der Waals surface area (Å²) in [5.74, 6) is 0.895. The van der Waals surface area contributed by atoms with Crippen molar-refractivity contribution in [2.45, 2.75) is 39.0 Å². The minimum Gasteiger partial charge on any atom is -0.444 e. The summed E-state index contributed by atoms with van der Waals surface area (Å²) in [7, 11) is 1.94. The third-order valence-corrected chi connectivity index (χ3v) is 5.25. The number of benzene rings is 1. The standard InChI is InChI=1S/C22H30N6O2.HI/c1-22(2,3)30-21(29)27-10-11-28-18(15-27)13-24-20(28)23-12-17-14-26(4)25-19(17)16-8-6-5-7-9-16;/h5-9,14,18H,10-13,15H2,1-4H3,(H,23,24);1H. The second-order valence-corrected chi connectivity index (χ2v) is 8.83. The van der Waals surface area contributed by atoms with Crippen LogP contribution in [0.25, 0.3) is 11.3 Å². The molecule has 1 unspecified atom stereocenters. The number of aryl methyl sites for hydroxylation is 1. The van der Waals surface area contributed by atoms with Crippen LogP contribution >= 0.6 is 24.0 Å². The Bertz CT molecular complexity index is 937. The average Bonchev–Trinajstić information content (AvgIpc) is 3.28. The quantitative estimate of drug-likeness (QED) is 0.609. The van der Waals surface area contributed by atoms with E-state index in [1.807, 2.05) is 56.9 Å². The predicted octanol–water partition coefficient (Wildman–Crippen LogP) is 3.09. The maximum Gasteiger partial charge on any atom is 0.410 e. The van der Waals surface area contributed by atoms with Gasteiger partial charge in [0.05, 0.1) is 18.3 Å². The number of hydrogen-bond donors (Lipinski definition) is 1. The fraction of sp³-hybridized carbons (Fsp3) is 0.500. The molecule has 9 heteroatoms. The summed E-state index contributed by atoms with van der Waals surface area (Å²) >= 11 is 0. The van der Waals surface area contributed by atoms with E-state index in [1.165, 1.54) is 0 Å². The van der Waals surface area contributed by atoms with Crippen LogP contribution in [-0.4, -0.2) is 69.5 Å². The molecule has 1 N–H and O–H groups in total. The highest BCUT2D eigenvalue weighted by molar-refractivity contribution is 14.0. The Balaban J connectivity index is 0.00000272. The largest absolute Gasteiger partial charge is 0.444 e. The molecule has 0 bridgehead atoms. The summed E-state index contributed by atoms with van der Waals surface area (Å²) in [6.45, 7) is 9.02. The lowest BCUT2D eigenvalue weighted by molar-refractivity contribution is 0.0137. The molecule has 0 aliphatic carbocycles. The topological polar surface area (TPSA) is 75.0 Å². The molecule has 0 radical (unpaired) electrons. The van der Waals surface area contributed by atoms with Crippen molar-refractivity contribution in [3.05, 3.63) is 42.1 Å². The smallest absolute Gasteiger partial charge is 0.410 e. The van der Waals surface area contributed by atoms with Crippen molar-refractivity contribution in [2.75, 3.05) is 26.2 Å². The Morgan fingerprint density at radius 2 is 1.97 bits per heavy atom. The number of ether oxygens (including phenoxy) is 1. The highest BCUT2D eigenvalue weighted by Crippen LogP contribution is 2.22. The summed E-state index contributed by atoms with van der Waals surface area (Å²) in [5, 5.41) is 8.12. The Morgan fingerprint density at radius 3 is 2.68 bits per heavy atom. The predicted molar refractivity (Wildman–Crippen MR) is 132 cm³/mol. The summed E-state index contributed by atoms with van der Waals surface area (Å²) in [5.41, 5.74) is 2.73. The van der Waals surface area contributed by atoms with Crippen LogP contribution in [0.15, 0.2) is 41.5 Å². The molecule has 2 aliphatic rings. The number of hydrogen-bond acceptors (Lipinski definition) is 6. The van der Waals surface area contributed by atoms with Crippen LogP contribution in [0.2, 0.25) is 0 Å². The van der Waals surface area contributed by atoms with Crippen molar-refractivity contribution in [1.29, 1.82) is 0 Å². The zero-order chi connectivity index (χ0) is 21.3. The monoisotopic (exact) mass is 538 g/mol. The molecule has 1 atom stereocenters. The summed E-state index contributed by atoms with van der Waals surface area (Å²) in [6, 6.07) is 10.4. The van der Waals surface area contributed by atoms with Crippen molar-refractivity contribution in [3.63, 3.8) is 0 Å². The van der Waals surface area contributed by atoms with E-state index < -0.39 is 5.60 Å². The first-order valence-electron chi connectivity index (χ1n) is 10.4. The molecule has 1 aromatic carbocycles. The maximum atomic E-state index is 12.4. The van der Waals surface area contributed by atoms with Crippen LogP contribution in [0.3, 0.4) is 0 Å². The molecule has 1 aromatic heterocycles. The molecule has 31 heavy (non-hydrogen) atoms. The molecule has 0 spiro atoms. The molecule has 2 aliphatic heterocycles. The molecule has 1 amide bonds. The van der Waals surface area contributed by atoms with E-state index in [0.717, 1.165) is 29.3 Å². The number of guanidine groups is 1. The van der Waals surface area contributed by atoms with Gasteiger partial charge in [0.2, 0.25) is 0 Å². The molecule has 2 aromatic rings. The number of rotatable bonds is 3. The molecule has 1 saturated heterocycles. The van der Waals surface area contributed by atoms with Gasteiger partial charge in [-0.3, -0.25) is 9.67 Å². The van der Waals surface area contributed by atoms with Crippen molar-refractivity contribution >= 4 is 36.0 Å². The first-order valence-corrected chi connectivity index (χ1v) is 10.4. The van der Waals surface area contributed by atoms with Gasteiger partial charge < -0.3 is 19.9 Å². The van der Waals surface area contributed by atoms with Crippen LogP contribution < -0.4 is 5.32 Å². The number of carbonyl (C=O) groups excluding carboxylic acids is 1. The van der Waals surface area contributed by atoms with E-state index in [-0.39, 0.29) is 36.1 Å². The van der Waals surface area contributed by atoms with Gasteiger partial charge in [-0.1, -0.05) is 30.3 Å². The lowest BCUT2D eigenvalue weighted by Crippen LogP contribution is -2.57. The SMILES string of the molecule is Cn1cc(CNC2=NCC3CN(C(=O)OC(C)(C)C)CCN23)c(-c2ccccc2)n1.I. The number of aromatic nitrogens is 2. The van der Waals surface area contributed by atoms with Gasteiger partial charge in [0.25, 0.3) is 0 Å². The Hall–Kier alpha value is -2.30. The summed E-state index contributed by atoms with van der Waals surface area (Å²) in [4.78, 5) is 21.1. The second kappa shape index (κ2) is 9.46. The van der Waals surface area contributed by atoms with Crippen LogP contribution in [0.1, 0.15) is 26.3 Å². The number of aliphatic imine (C=N–C) groups is 1. The first kappa shape index (κ1) is 23.4. The van der Waals surface area contributed by atoms with Crippen LogP contribution in [0.4, 0.5) is 4.79 Å². The molecule has 1 fully saturated rings. The number of carbonyl (C=O) groups is 1. The number of piperazine rings is 1. The molecule has 3 heterocycles. The molecular formula is C22H31IN6O2. The third-order valence-electron chi connectivity index (χ3n) is 5.25. The van der Waals surface area contributed by atoms with E-state index in [0.29, 0.717) is 26.2 Å². The fourth-order valence-corrected chi connectivity index (χ4v) is 3.90. The van der Waals surface area contributed by atoms with E-state index in [1.54, 1.807) is 4.90 Å². The highest BCUT2D eigenvalue weighted by atomic mass is 127. The van der Waals surface area contributed by atoms with E-state index in [9.17, 15) is 4.79 Å². The minimum absolute atomic E-state index is 0. The van der Waals surface area contributed by atoms with Crippen molar-refractivity contribution in [3.8, 4) is 11.3 Å². The molecule has 168 valence electrons. The average molecular weight is 538 g/mol. The van der Waals surface area contributed by atoms with Gasteiger partial charge in [-0.25, -0.2) is 4.79 Å². The molecule has 4 rings (SSSR count). The van der Waals surface area contributed by atoms with E-state index in [2.05, 4.69) is 27.4 Å². The van der Waals surface area contributed by atoms with Crippen LogP contribution in [-0.2, 0) is 18.3 Å². The van der Waals surface area contributed by atoms with Crippen molar-refractivity contribution < 1.29 is 9.53 Å². The Morgan fingerprint density at radius 1 is 1.23 bits per heavy atom.